The van der Waals surface area contributed by atoms with Gasteiger partial charge >= 0.3 is 0 Å². The second kappa shape index (κ2) is 6.07. The first-order valence-corrected chi connectivity index (χ1v) is 6.25. The summed E-state index contributed by atoms with van der Waals surface area (Å²) in [4.78, 5) is 11.8. The van der Waals surface area contributed by atoms with Crippen molar-refractivity contribution in [1.82, 2.24) is 5.32 Å². The highest BCUT2D eigenvalue weighted by molar-refractivity contribution is 5.86. The van der Waals surface area contributed by atoms with E-state index in [0.717, 1.165) is 0 Å². The normalized spacial score (nSPS) is 15.3. The van der Waals surface area contributed by atoms with Gasteiger partial charge in [0.1, 0.15) is 5.84 Å². The first-order chi connectivity index (χ1) is 8.00. The summed E-state index contributed by atoms with van der Waals surface area (Å²) in [6.45, 7) is 12.4. The average molecular weight is 257 g/mol. The van der Waals surface area contributed by atoms with Gasteiger partial charge in [0.2, 0.25) is 5.91 Å². The van der Waals surface area contributed by atoms with Crippen LogP contribution < -0.4 is 11.1 Å². The fraction of sp³-hybridized carbons (Fsp3) is 0.846. The molecule has 0 bridgehead atoms. The Morgan fingerprint density at radius 3 is 2.22 bits per heavy atom. The lowest BCUT2D eigenvalue weighted by atomic mass is 9.80. The molecule has 1 amide bonds. The number of rotatable bonds is 5. The molecule has 5 heteroatoms. The SMILES string of the molecule is CC(CC(=O)NCC(C)(C)C(N)=NO)C(C)(C)C. The molecule has 0 aliphatic rings. The Kier molecular flexibility index (Phi) is 5.64. The number of amidine groups is 1. The number of hydrogen-bond donors (Lipinski definition) is 3. The second-order valence-corrected chi connectivity index (χ2v) is 6.62. The van der Waals surface area contributed by atoms with Gasteiger partial charge in [-0.15, -0.1) is 0 Å². The highest BCUT2D eigenvalue weighted by atomic mass is 16.4. The van der Waals surface area contributed by atoms with Crippen LogP contribution in [-0.4, -0.2) is 23.5 Å². The van der Waals surface area contributed by atoms with Crippen molar-refractivity contribution in [2.45, 2.75) is 48.0 Å². The minimum absolute atomic E-state index is 0.00348. The molecule has 1 atom stereocenters. The lowest BCUT2D eigenvalue weighted by Gasteiger charge is -2.28. The Balaban J connectivity index is 4.29. The van der Waals surface area contributed by atoms with E-state index >= 15 is 0 Å². The summed E-state index contributed by atoms with van der Waals surface area (Å²) in [7, 11) is 0. The van der Waals surface area contributed by atoms with Gasteiger partial charge in [0.15, 0.2) is 0 Å². The second-order valence-electron chi connectivity index (χ2n) is 6.62. The molecule has 0 aromatic carbocycles. The van der Waals surface area contributed by atoms with Crippen LogP contribution in [0, 0.1) is 16.7 Å². The zero-order valence-corrected chi connectivity index (χ0v) is 12.4. The van der Waals surface area contributed by atoms with Gasteiger partial charge in [-0.05, 0) is 11.3 Å². The summed E-state index contributed by atoms with van der Waals surface area (Å²) >= 11 is 0. The van der Waals surface area contributed by atoms with Crippen molar-refractivity contribution in [3.63, 3.8) is 0 Å². The molecular formula is C13H27N3O2. The Hall–Kier alpha value is -1.26. The Bertz CT molecular complexity index is 317. The van der Waals surface area contributed by atoms with Crippen molar-refractivity contribution >= 4 is 11.7 Å². The summed E-state index contributed by atoms with van der Waals surface area (Å²) in [5, 5.41) is 14.4. The smallest absolute Gasteiger partial charge is 0.220 e. The maximum atomic E-state index is 11.8. The molecule has 0 aromatic heterocycles. The van der Waals surface area contributed by atoms with Crippen LogP contribution in [0.3, 0.4) is 0 Å². The summed E-state index contributed by atoms with van der Waals surface area (Å²) in [6, 6.07) is 0. The van der Waals surface area contributed by atoms with E-state index in [-0.39, 0.29) is 17.2 Å². The van der Waals surface area contributed by atoms with Crippen molar-refractivity contribution in [2.75, 3.05) is 6.54 Å². The number of amides is 1. The lowest BCUT2D eigenvalue weighted by molar-refractivity contribution is -0.122. The van der Waals surface area contributed by atoms with Crippen LogP contribution in [0.25, 0.3) is 0 Å². The van der Waals surface area contributed by atoms with Crippen molar-refractivity contribution in [3.05, 3.63) is 0 Å². The van der Waals surface area contributed by atoms with Gasteiger partial charge in [0.05, 0.1) is 0 Å². The molecule has 0 spiro atoms. The molecule has 5 nitrogen and oxygen atoms in total. The predicted molar refractivity (Wildman–Crippen MR) is 73.4 cm³/mol. The van der Waals surface area contributed by atoms with E-state index in [9.17, 15) is 4.79 Å². The largest absolute Gasteiger partial charge is 0.409 e. The van der Waals surface area contributed by atoms with Crippen LogP contribution in [0.2, 0.25) is 0 Å². The molecule has 0 heterocycles. The monoisotopic (exact) mass is 257 g/mol. The molecule has 106 valence electrons. The summed E-state index contributed by atoms with van der Waals surface area (Å²) < 4.78 is 0. The highest BCUT2D eigenvalue weighted by Crippen LogP contribution is 2.27. The van der Waals surface area contributed by atoms with Crippen LogP contribution in [0.1, 0.15) is 48.0 Å². The molecule has 0 rings (SSSR count). The van der Waals surface area contributed by atoms with Gasteiger partial charge in [-0.1, -0.05) is 46.7 Å². The number of hydrogen-bond acceptors (Lipinski definition) is 3. The van der Waals surface area contributed by atoms with E-state index in [1.807, 2.05) is 13.8 Å². The van der Waals surface area contributed by atoms with Crippen LogP contribution in [-0.2, 0) is 4.79 Å². The predicted octanol–water partition coefficient (Wildman–Crippen LogP) is 1.95. The molecule has 4 N–H and O–H groups in total. The van der Waals surface area contributed by atoms with Gasteiger partial charge in [-0.2, -0.15) is 0 Å². The third-order valence-electron chi connectivity index (χ3n) is 3.50. The van der Waals surface area contributed by atoms with Gasteiger partial charge in [-0.3, -0.25) is 4.79 Å². The van der Waals surface area contributed by atoms with E-state index < -0.39 is 5.41 Å². The highest BCUT2D eigenvalue weighted by Gasteiger charge is 2.26. The Morgan fingerprint density at radius 1 is 1.33 bits per heavy atom. The topological polar surface area (TPSA) is 87.7 Å². The van der Waals surface area contributed by atoms with Crippen molar-refractivity contribution < 1.29 is 10.0 Å². The standard InChI is InChI=1S/C13H27N3O2/c1-9(12(2,3)4)7-10(17)15-8-13(5,6)11(14)16-18/h9,18H,7-8H2,1-6H3,(H2,14,16)(H,15,17). The Labute approximate surface area is 110 Å². The number of carbonyl (C=O) groups excluding carboxylic acids is 1. The quantitative estimate of drug-likeness (QED) is 0.304. The number of oxime groups is 1. The molecule has 0 aliphatic carbocycles. The zero-order valence-electron chi connectivity index (χ0n) is 12.4. The van der Waals surface area contributed by atoms with E-state index in [4.69, 9.17) is 10.9 Å². The van der Waals surface area contributed by atoms with Crippen LogP contribution in [0.5, 0.6) is 0 Å². The summed E-state index contributed by atoms with van der Waals surface area (Å²) in [5.74, 6) is 0.410. The molecular weight excluding hydrogens is 230 g/mol. The molecule has 0 radical (unpaired) electrons. The third-order valence-corrected chi connectivity index (χ3v) is 3.50. The van der Waals surface area contributed by atoms with E-state index in [0.29, 0.717) is 18.9 Å². The molecule has 0 saturated carbocycles. The van der Waals surface area contributed by atoms with Gasteiger partial charge in [0.25, 0.3) is 0 Å². The van der Waals surface area contributed by atoms with Crippen molar-refractivity contribution in [3.8, 4) is 0 Å². The van der Waals surface area contributed by atoms with Crippen molar-refractivity contribution in [1.29, 1.82) is 0 Å². The van der Waals surface area contributed by atoms with E-state index in [1.54, 1.807) is 0 Å². The molecule has 0 aliphatic heterocycles. The van der Waals surface area contributed by atoms with Gasteiger partial charge in [-0.25, -0.2) is 0 Å². The molecule has 0 aromatic rings. The zero-order chi connectivity index (χ0) is 14.6. The van der Waals surface area contributed by atoms with E-state index in [2.05, 4.69) is 38.2 Å². The van der Waals surface area contributed by atoms with Gasteiger partial charge < -0.3 is 16.3 Å². The van der Waals surface area contributed by atoms with Crippen LogP contribution in [0.15, 0.2) is 5.16 Å². The molecule has 18 heavy (non-hydrogen) atoms. The Morgan fingerprint density at radius 2 is 1.83 bits per heavy atom. The van der Waals surface area contributed by atoms with Crippen LogP contribution in [0.4, 0.5) is 0 Å². The first kappa shape index (κ1) is 16.7. The average Bonchev–Trinajstić information content (AvgIpc) is 2.24. The maximum absolute atomic E-state index is 11.8. The fourth-order valence-corrected chi connectivity index (χ4v) is 1.20. The molecule has 1 unspecified atom stereocenters. The number of nitrogens with one attached hydrogen (secondary N) is 1. The molecule has 0 fully saturated rings. The van der Waals surface area contributed by atoms with Gasteiger partial charge in [0, 0.05) is 18.4 Å². The lowest BCUT2D eigenvalue weighted by Crippen LogP contribution is -2.43. The third kappa shape index (κ3) is 5.38. The maximum Gasteiger partial charge on any atom is 0.220 e. The number of carbonyl (C=O) groups is 1. The molecule has 0 saturated heterocycles. The minimum atomic E-state index is -0.546. The van der Waals surface area contributed by atoms with E-state index in [1.165, 1.54) is 0 Å². The van der Waals surface area contributed by atoms with Crippen LogP contribution >= 0.6 is 0 Å². The van der Waals surface area contributed by atoms with Crippen molar-refractivity contribution in [2.24, 2.45) is 27.6 Å². The number of nitrogens with two attached hydrogens (primary N) is 1. The fourth-order valence-electron chi connectivity index (χ4n) is 1.20. The first-order valence-electron chi connectivity index (χ1n) is 6.25. The summed E-state index contributed by atoms with van der Waals surface area (Å²) in [6.07, 6.45) is 0.482. The minimum Gasteiger partial charge on any atom is -0.409 e. The number of nitrogens with zero attached hydrogens (tertiary/aromatic N) is 1. The summed E-state index contributed by atoms with van der Waals surface area (Å²) in [5.41, 5.74) is 5.12.